The van der Waals surface area contributed by atoms with Gasteiger partial charge in [0, 0.05) is 20.0 Å². The molecule has 4 heteroatoms. The first-order valence-electron chi connectivity index (χ1n) is 7.23. The molecule has 0 radical (unpaired) electrons. The lowest BCUT2D eigenvalue weighted by atomic mass is 10.0. The summed E-state index contributed by atoms with van der Waals surface area (Å²) in [5, 5.41) is 2.69. The Bertz CT molecular complexity index is 474. The van der Waals surface area contributed by atoms with E-state index in [9.17, 15) is 9.59 Å². The van der Waals surface area contributed by atoms with Crippen molar-refractivity contribution in [3.8, 4) is 0 Å². The number of carbonyl (C=O) groups is 2. The van der Waals surface area contributed by atoms with Gasteiger partial charge in [-0.3, -0.25) is 4.79 Å². The maximum Gasteiger partial charge on any atom is 0.226 e. The van der Waals surface area contributed by atoms with Gasteiger partial charge in [0.15, 0.2) is 0 Å². The molecule has 1 aromatic carbocycles. The second-order valence-corrected chi connectivity index (χ2v) is 4.12. The number of ketones is 1. The summed E-state index contributed by atoms with van der Waals surface area (Å²) < 4.78 is 25.6. The lowest BCUT2D eigenvalue weighted by Gasteiger charge is -2.14. The quantitative estimate of drug-likeness (QED) is 0.801. The van der Waals surface area contributed by atoms with Gasteiger partial charge in [0.05, 0.1) is 16.6 Å². The van der Waals surface area contributed by atoms with Crippen LogP contribution in [-0.2, 0) is 20.9 Å². The Morgan fingerprint density at radius 2 is 2.11 bits per heavy atom. The summed E-state index contributed by atoms with van der Waals surface area (Å²) in [4.78, 5) is 23.2. The molecular formula is C14H19NO3. The van der Waals surface area contributed by atoms with Crippen LogP contribution in [-0.4, -0.2) is 25.3 Å². The molecule has 0 fully saturated rings. The normalized spacial score (nSPS) is 15.1. The zero-order valence-electron chi connectivity index (χ0n) is 13.3. The number of hydrogen-bond acceptors (Lipinski definition) is 3. The van der Waals surface area contributed by atoms with E-state index in [4.69, 9.17) is 4.11 Å². The van der Waals surface area contributed by atoms with Crippen LogP contribution in [0.25, 0.3) is 0 Å². The second kappa shape index (κ2) is 7.61. The molecule has 0 aliphatic carbocycles. The number of rotatable bonds is 7. The van der Waals surface area contributed by atoms with E-state index in [1.807, 2.05) is 30.3 Å². The molecule has 0 bridgehead atoms. The van der Waals surface area contributed by atoms with Crippen LogP contribution in [0.15, 0.2) is 30.3 Å². The van der Waals surface area contributed by atoms with Crippen LogP contribution in [0.3, 0.4) is 0 Å². The number of Topliss-reactive ketones (excluding diaryl/α,β-unsaturated/α-hetero) is 1. The van der Waals surface area contributed by atoms with Gasteiger partial charge in [-0.1, -0.05) is 30.3 Å². The molecule has 1 amide bonds. The largest absolute Gasteiger partial charge is 0.384 e. The standard InChI is InChI=1S/C14H19NO3/c1-11(16)8-13(10-18-2)14(17)15-9-12-6-4-3-5-7-12/h3-7,13H,8-10H2,1-2H3,(H,15,17)/i2D3. The molecule has 1 unspecified atom stereocenters. The first-order valence-corrected chi connectivity index (χ1v) is 5.73. The van der Waals surface area contributed by atoms with Crippen LogP contribution in [0.4, 0.5) is 0 Å². The van der Waals surface area contributed by atoms with Crippen molar-refractivity contribution in [2.75, 3.05) is 13.6 Å². The molecule has 1 atom stereocenters. The Morgan fingerprint density at radius 1 is 1.39 bits per heavy atom. The van der Waals surface area contributed by atoms with Gasteiger partial charge in [-0.15, -0.1) is 0 Å². The third kappa shape index (κ3) is 5.10. The Morgan fingerprint density at radius 3 is 2.72 bits per heavy atom. The summed E-state index contributed by atoms with van der Waals surface area (Å²) in [5.74, 6) is -1.38. The Balaban J connectivity index is 2.56. The van der Waals surface area contributed by atoms with E-state index >= 15 is 0 Å². The number of benzene rings is 1. The highest BCUT2D eigenvalue weighted by Gasteiger charge is 2.19. The summed E-state index contributed by atoms with van der Waals surface area (Å²) in [7, 11) is -2.57. The van der Waals surface area contributed by atoms with Crippen molar-refractivity contribution >= 4 is 11.7 Å². The lowest BCUT2D eigenvalue weighted by Crippen LogP contribution is -2.33. The topological polar surface area (TPSA) is 55.4 Å². The van der Waals surface area contributed by atoms with Crippen LogP contribution in [0.2, 0.25) is 0 Å². The Hall–Kier alpha value is -1.68. The fourth-order valence-corrected chi connectivity index (χ4v) is 1.60. The van der Waals surface area contributed by atoms with E-state index < -0.39 is 18.9 Å². The molecule has 1 aromatic rings. The fraction of sp³-hybridized carbons (Fsp3) is 0.429. The molecule has 1 rings (SSSR count). The highest BCUT2D eigenvalue weighted by Crippen LogP contribution is 2.06. The number of carbonyl (C=O) groups excluding carboxylic acids is 2. The molecule has 0 heterocycles. The fourth-order valence-electron chi connectivity index (χ4n) is 1.60. The molecule has 0 spiro atoms. The number of hydrogen-bond donors (Lipinski definition) is 1. The molecular weight excluding hydrogens is 230 g/mol. The van der Waals surface area contributed by atoms with E-state index in [1.165, 1.54) is 6.92 Å². The predicted octanol–water partition coefficient (Wildman–Crippen LogP) is 1.54. The smallest absolute Gasteiger partial charge is 0.226 e. The van der Waals surface area contributed by atoms with E-state index in [1.54, 1.807) is 0 Å². The summed E-state index contributed by atoms with van der Waals surface area (Å²) in [6.07, 6.45) is -0.0449. The van der Waals surface area contributed by atoms with Gasteiger partial charge in [0.2, 0.25) is 5.91 Å². The molecule has 18 heavy (non-hydrogen) atoms. The van der Waals surface area contributed by atoms with E-state index in [0.29, 0.717) is 6.54 Å². The SMILES string of the molecule is [2H]C([2H])([2H])OCC(CC(C)=O)C(=O)NCc1ccccc1. The Labute approximate surface area is 112 Å². The first kappa shape index (κ1) is 10.3. The van der Waals surface area contributed by atoms with Crippen LogP contribution in [0.5, 0.6) is 0 Å². The van der Waals surface area contributed by atoms with E-state index in [-0.39, 0.29) is 18.8 Å². The first-order chi connectivity index (χ1) is 9.78. The van der Waals surface area contributed by atoms with Crippen molar-refractivity contribution in [2.24, 2.45) is 5.92 Å². The van der Waals surface area contributed by atoms with Gasteiger partial charge in [-0.05, 0) is 12.5 Å². The minimum atomic E-state index is -2.57. The van der Waals surface area contributed by atoms with Crippen molar-refractivity contribution in [3.63, 3.8) is 0 Å². The van der Waals surface area contributed by atoms with Crippen molar-refractivity contribution < 1.29 is 18.4 Å². The maximum atomic E-state index is 12.0. The summed E-state index contributed by atoms with van der Waals surface area (Å²) in [6, 6.07) is 9.30. The molecule has 0 aromatic heterocycles. The van der Waals surface area contributed by atoms with Gasteiger partial charge in [-0.25, -0.2) is 0 Å². The van der Waals surface area contributed by atoms with Gasteiger partial charge < -0.3 is 14.8 Å². The van der Waals surface area contributed by atoms with Crippen molar-refractivity contribution in [1.82, 2.24) is 5.32 Å². The van der Waals surface area contributed by atoms with Crippen LogP contribution < -0.4 is 5.32 Å². The average molecular weight is 252 g/mol. The molecule has 98 valence electrons. The monoisotopic (exact) mass is 252 g/mol. The molecule has 0 aliphatic rings. The van der Waals surface area contributed by atoms with Gasteiger partial charge in [0.25, 0.3) is 0 Å². The lowest BCUT2D eigenvalue weighted by molar-refractivity contribution is -0.130. The van der Waals surface area contributed by atoms with Gasteiger partial charge in [0.1, 0.15) is 5.78 Å². The molecule has 0 saturated heterocycles. The zero-order valence-corrected chi connectivity index (χ0v) is 10.3. The van der Waals surface area contributed by atoms with Gasteiger partial charge >= 0.3 is 0 Å². The number of methoxy groups -OCH3 is 1. The van der Waals surface area contributed by atoms with Crippen molar-refractivity contribution in [2.45, 2.75) is 19.9 Å². The highest BCUT2D eigenvalue weighted by molar-refractivity contribution is 5.85. The van der Waals surface area contributed by atoms with Crippen LogP contribution in [0.1, 0.15) is 23.0 Å². The van der Waals surface area contributed by atoms with E-state index in [0.717, 1.165) is 5.56 Å². The molecule has 1 N–H and O–H groups in total. The predicted molar refractivity (Wildman–Crippen MR) is 69.0 cm³/mol. The summed E-state index contributed by atoms with van der Waals surface area (Å²) >= 11 is 0. The summed E-state index contributed by atoms with van der Waals surface area (Å²) in [5.41, 5.74) is 0.921. The zero-order chi connectivity index (χ0) is 15.9. The van der Waals surface area contributed by atoms with E-state index in [2.05, 4.69) is 10.1 Å². The molecule has 4 nitrogen and oxygen atoms in total. The third-order valence-electron chi connectivity index (χ3n) is 2.50. The third-order valence-corrected chi connectivity index (χ3v) is 2.50. The number of amides is 1. The second-order valence-electron chi connectivity index (χ2n) is 4.12. The number of ether oxygens (including phenoxy) is 1. The average Bonchev–Trinajstić information content (AvgIpc) is 2.40. The number of nitrogens with one attached hydrogen (secondary N) is 1. The van der Waals surface area contributed by atoms with Crippen molar-refractivity contribution in [3.05, 3.63) is 35.9 Å². The minimum Gasteiger partial charge on any atom is -0.384 e. The molecule has 0 saturated carbocycles. The van der Waals surface area contributed by atoms with Gasteiger partial charge in [-0.2, -0.15) is 0 Å². The Kier molecular flexibility index (Phi) is 4.34. The highest BCUT2D eigenvalue weighted by atomic mass is 16.5. The maximum absolute atomic E-state index is 12.0. The van der Waals surface area contributed by atoms with Crippen molar-refractivity contribution in [1.29, 1.82) is 0 Å². The summed E-state index contributed by atoms with van der Waals surface area (Å²) in [6.45, 7) is 1.37. The molecule has 0 aliphatic heterocycles. The van der Waals surface area contributed by atoms with Crippen LogP contribution >= 0.6 is 0 Å². The van der Waals surface area contributed by atoms with Crippen LogP contribution in [0, 0.1) is 5.92 Å². The minimum absolute atomic E-state index is 0.0449.